The van der Waals surface area contributed by atoms with Crippen LogP contribution < -0.4 is 0 Å². The maximum atomic E-state index is 4.87. The Morgan fingerprint density at radius 3 is 2.41 bits per heavy atom. The van der Waals surface area contributed by atoms with Crippen LogP contribution >= 0.6 is 19.4 Å². The number of thiophene rings is 1. The number of hydrogen-bond donors (Lipinski definition) is 0. The Balaban J connectivity index is 1.84. The fraction of sp³-hybridized carbons (Fsp3) is 0.208. The topological polar surface area (TPSA) is 74.3 Å². The molecule has 0 aromatic carbocycles. The van der Waals surface area contributed by atoms with Gasteiger partial charge in [-0.1, -0.05) is 19.6 Å². The molecule has 0 amide bonds. The molecule has 6 aromatic heterocycles. The van der Waals surface area contributed by atoms with Gasteiger partial charge >= 0.3 is 0 Å². The molecule has 6 rings (SSSR count). The van der Waals surface area contributed by atoms with Gasteiger partial charge in [0.15, 0.2) is 14.1 Å². The summed E-state index contributed by atoms with van der Waals surface area (Å²) in [6, 6.07) is 6.47. The molecule has 0 unspecified atom stereocenters. The van der Waals surface area contributed by atoms with Gasteiger partial charge in [-0.2, -0.15) is 11.3 Å². The quantitative estimate of drug-likeness (QED) is 0.209. The molecule has 0 aliphatic carbocycles. The number of fused-ring (bicyclic) bond motifs is 5. The van der Waals surface area contributed by atoms with Gasteiger partial charge in [0.2, 0.25) is 0 Å². The first kappa shape index (κ1) is 21.5. The van der Waals surface area contributed by atoms with Crippen molar-refractivity contribution in [2.45, 2.75) is 19.6 Å². The number of hydrogen-bond acceptors (Lipinski definition) is 6. The molecule has 0 bridgehead atoms. The molecule has 0 fully saturated rings. The smallest absolute Gasteiger partial charge is 0.181 e. The van der Waals surface area contributed by atoms with E-state index in [4.69, 9.17) is 9.97 Å². The van der Waals surface area contributed by atoms with E-state index in [1.54, 1.807) is 11.3 Å². The fourth-order valence-corrected chi connectivity index (χ4v) is 8.45. The van der Waals surface area contributed by atoms with Gasteiger partial charge in [-0.15, -0.1) is 0 Å². The molecule has 0 aliphatic heterocycles. The lowest BCUT2D eigenvalue weighted by molar-refractivity contribution is 1.04. The third-order valence-corrected chi connectivity index (χ3v) is 9.71. The lowest BCUT2D eigenvalue weighted by atomic mass is 10.1. The lowest BCUT2D eigenvalue weighted by Gasteiger charge is -2.24. The summed E-state index contributed by atoms with van der Waals surface area (Å²) in [6.45, 7) is 11.8. The lowest BCUT2D eigenvalue weighted by Crippen LogP contribution is -2.32. The number of pyridine rings is 2. The fourth-order valence-electron chi connectivity index (χ4n) is 4.80. The van der Waals surface area contributed by atoms with Crippen molar-refractivity contribution in [2.75, 3.05) is 13.3 Å². The molecule has 170 valence electrons. The zero-order valence-electron chi connectivity index (χ0n) is 19.7. The van der Waals surface area contributed by atoms with Gasteiger partial charge < -0.3 is 8.57 Å². The van der Waals surface area contributed by atoms with Crippen LogP contribution in [0.3, 0.4) is 0 Å². The summed E-state index contributed by atoms with van der Waals surface area (Å²) in [6.07, 6.45) is 6.98. The minimum absolute atomic E-state index is 0.440. The molecule has 0 saturated carbocycles. The average molecular weight is 502 g/mol. The highest BCUT2D eigenvalue weighted by Gasteiger charge is 2.30. The molecule has 7 nitrogen and oxygen atoms in total. The SMILES string of the molecule is CP(C)n1c2ccnc(-c3ccsc3)c2c2c3cnc(-c4ncncn4)cc3n([Si](C)(C)C)c21. The molecular weight excluding hydrogens is 477 g/mol. The Labute approximate surface area is 203 Å². The molecule has 0 atom stereocenters. The molecule has 0 spiro atoms. The largest absolute Gasteiger partial charge is 0.355 e. The van der Waals surface area contributed by atoms with Crippen LogP contribution in [-0.2, 0) is 0 Å². The Morgan fingerprint density at radius 1 is 0.941 bits per heavy atom. The third kappa shape index (κ3) is 3.15. The molecule has 0 saturated heterocycles. The van der Waals surface area contributed by atoms with Gasteiger partial charge in [0.25, 0.3) is 0 Å². The standard InChI is InChI=1S/C24H24N7PSSi/c1-32(2)30-18-6-8-26-22(15-7-9-33-12-15)21(18)20-16-11-27-17(23-28-13-25-14-29-23)10-19(16)31(24(20)30)34(3,4)5/h6-14H,1-5H3. The average Bonchev–Trinajstić information content (AvgIpc) is 3.52. The Kier molecular flexibility index (Phi) is 4.92. The summed E-state index contributed by atoms with van der Waals surface area (Å²) < 4.78 is 5.13. The van der Waals surface area contributed by atoms with Crippen molar-refractivity contribution in [3.63, 3.8) is 0 Å². The van der Waals surface area contributed by atoms with Gasteiger partial charge in [-0.05, 0) is 45.0 Å². The van der Waals surface area contributed by atoms with Crippen LogP contribution in [-0.4, -0.2) is 55.1 Å². The van der Waals surface area contributed by atoms with Gasteiger partial charge in [-0.3, -0.25) is 9.97 Å². The number of rotatable bonds is 4. The first-order chi connectivity index (χ1) is 16.4. The van der Waals surface area contributed by atoms with Crippen LogP contribution in [0.25, 0.3) is 55.6 Å². The van der Waals surface area contributed by atoms with Crippen molar-refractivity contribution in [3.8, 4) is 22.8 Å². The summed E-state index contributed by atoms with van der Waals surface area (Å²) in [5, 5.41) is 7.90. The van der Waals surface area contributed by atoms with Crippen molar-refractivity contribution < 1.29 is 0 Å². The second-order valence-electron chi connectivity index (χ2n) is 9.48. The normalized spacial score (nSPS) is 12.5. The summed E-state index contributed by atoms with van der Waals surface area (Å²) in [4.78, 5) is 22.3. The van der Waals surface area contributed by atoms with E-state index in [1.165, 1.54) is 40.1 Å². The second kappa shape index (κ2) is 7.76. The van der Waals surface area contributed by atoms with E-state index in [-0.39, 0.29) is 0 Å². The number of aromatic nitrogens is 7. The molecule has 0 N–H and O–H groups in total. The van der Waals surface area contributed by atoms with Crippen molar-refractivity contribution in [1.29, 1.82) is 0 Å². The van der Waals surface area contributed by atoms with Crippen molar-refractivity contribution in [2.24, 2.45) is 0 Å². The highest BCUT2D eigenvalue weighted by Crippen LogP contribution is 2.48. The van der Waals surface area contributed by atoms with Gasteiger partial charge in [-0.25, -0.2) is 15.0 Å². The first-order valence-electron chi connectivity index (χ1n) is 11.0. The Morgan fingerprint density at radius 2 is 1.74 bits per heavy atom. The number of nitrogens with zero attached hydrogens (tertiary/aromatic N) is 7. The highest BCUT2D eigenvalue weighted by molar-refractivity contribution is 7.54. The van der Waals surface area contributed by atoms with Crippen LogP contribution in [0.1, 0.15) is 0 Å². The zero-order valence-corrected chi connectivity index (χ0v) is 22.4. The molecule has 6 heterocycles. The third-order valence-electron chi connectivity index (χ3n) is 6.02. The zero-order chi connectivity index (χ0) is 23.6. The molecule has 0 aliphatic rings. The van der Waals surface area contributed by atoms with Crippen LogP contribution in [0.4, 0.5) is 0 Å². The summed E-state index contributed by atoms with van der Waals surface area (Å²) in [5.74, 6) is 0.589. The maximum absolute atomic E-state index is 4.87. The van der Waals surface area contributed by atoms with E-state index < -0.39 is 16.3 Å². The van der Waals surface area contributed by atoms with E-state index in [1.807, 2.05) is 12.4 Å². The van der Waals surface area contributed by atoms with Crippen molar-refractivity contribution in [3.05, 3.63) is 54.0 Å². The molecule has 10 heteroatoms. The minimum Gasteiger partial charge on any atom is -0.355 e. The van der Waals surface area contributed by atoms with Gasteiger partial charge in [0, 0.05) is 45.0 Å². The van der Waals surface area contributed by atoms with E-state index in [0.29, 0.717) is 5.82 Å². The summed E-state index contributed by atoms with van der Waals surface area (Å²) >= 11 is 1.70. The predicted molar refractivity (Wildman–Crippen MR) is 146 cm³/mol. The van der Waals surface area contributed by atoms with Gasteiger partial charge in [0.1, 0.15) is 24.0 Å². The minimum atomic E-state index is -1.85. The van der Waals surface area contributed by atoms with Crippen LogP contribution in [0.15, 0.2) is 54.0 Å². The molecule has 0 radical (unpaired) electrons. The van der Waals surface area contributed by atoms with E-state index >= 15 is 0 Å². The second-order valence-corrected chi connectivity index (χ2v) is 17.1. The molecule has 6 aromatic rings. The summed E-state index contributed by atoms with van der Waals surface area (Å²) in [7, 11) is -2.29. The van der Waals surface area contributed by atoms with Crippen LogP contribution in [0, 0.1) is 0 Å². The van der Waals surface area contributed by atoms with E-state index in [2.05, 4.69) is 85.5 Å². The summed E-state index contributed by atoms with van der Waals surface area (Å²) in [5.41, 5.74) is 6.66. The Hall–Kier alpha value is -3.00. The monoisotopic (exact) mass is 501 g/mol. The van der Waals surface area contributed by atoms with Crippen molar-refractivity contribution in [1.82, 2.24) is 33.5 Å². The highest BCUT2D eigenvalue weighted by atomic mass is 32.1. The Bertz CT molecular complexity index is 1670. The molecule has 34 heavy (non-hydrogen) atoms. The van der Waals surface area contributed by atoms with Crippen LogP contribution in [0.5, 0.6) is 0 Å². The van der Waals surface area contributed by atoms with Gasteiger partial charge in [0.05, 0.1) is 11.2 Å². The van der Waals surface area contributed by atoms with Crippen LogP contribution in [0.2, 0.25) is 19.6 Å². The van der Waals surface area contributed by atoms with E-state index in [9.17, 15) is 0 Å². The van der Waals surface area contributed by atoms with E-state index in [0.717, 1.165) is 22.3 Å². The van der Waals surface area contributed by atoms with Crippen molar-refractivity contribution >= 4 is 60.5 Å². The first-order valence-corrected chi connectivity index (χ1v) is 17.6. The predicted octanol–water partition coefficient (Wildman–Crippen LogP) is 6.31. The maximum Gasteiger partial charge on any atom is 0.181 e. The molecular formula is C24H24N7PSSi.